The second kappa shape index (κ2) is 6.44. The monoisotopic (exact) mass is 365 g/mol. The zero-order chi connectivity index (χ0) is 13.0. The molecule has 0 nitrogen and oxygen atoms in total. The van der Waals surface area contributed by atoms with Crippen LogP contribution < -0.4 is 0 Å². The molecule has 18 heavy (non-hydrogen) atoms. The molecule has 0 aromatic heterocycles. The lowest BCUT2D eigenvalue weighted by Gasteiger charge is -2.04. The summed E-state index contributed by atoms with van der Waals surface area (Å²) in [7, 11) is 0. The summed E-state index contributed by atoms with van der Waals surface area (Å²) >= 11 is 6.92. The summed E-state index contributed by atoms with van der Waals surface area (Å²) in [6, 6.07) is 8.56. The molecule has 0 saturated carbocycles. The average molecular weight is 367 g/mol. The van der Waals surface area contributed by atoms with Gasteiger partial charge in [0.15, 0.2) is 0 Å². The Morgan fingerprint density at radius 1 is 1.11 bits per heavy atom. The number of allylic oxidation sites excluding steroid dienone is 6. The molecule has 0 N–H and O–H groups in total. The molecule has 0 spiro atoms. The van der Waals surface area contributed by atoms with Crippen LogP contribution in [0.25, 0.3) is 0 Å². The van der Waals surface area contributed by atoms with Crippen LogP contribution in [0, 0.1) is 6.42 Å². The number of benzene rings is 1. The molecule has 1 aliphatic carbocycles. The van der Waals surface area contributed by atoms with Gasteiger partial charge in [0.05, 0.1) is 10.1 Å². The van der Waals surface area contributed by atoms with Gasteiger partial charge >= 0.3 is 0 Å². The van der Waals surface area contributed by atoms with Crippen molar-refractivity contribution in [3.05, 3.63) is 74.6 Å². The van der Waals surface area contributed by atoms with E-state index >= 15 is 0 Å². The fraction of sp³-hybridized carbons (Fsp3) is 0.188. The molecule has 1 aromatic carbocycles. The maximum absolute atomic E-state index is 3.46. The van der Waals surface area contributed by atoms with Crippen LogP contribution in [-0.2, 0) is 6.42 Å². The Morgan fingerprint density at radius 3 is 2.44 bits per heavy atom. The molecule has 92 valence electrons. The molecule has 2 rings (SSSR count). The molecule has 0 bridgehead atoms. The van der Waals surface area contributed by atoms with E-state index in [1.54, 1.807) is 0 Å². The van der Waals surface area contributed by atoms with Crippen LogP contribution in [0.3, 0.4) is 0 Å². The highest BCUT2D eigenvalue weighted by atomic mass is 79.9. The molecule has 0 unspecified atom stereocenters. The Hall–Kier alpha value is -0.730. The van der Waals surface area contributed by atoms with Crippen molar-refractivity contribution < 1.29 is 0 Å². The molecule has 2 heteroatoms. The zero-order valence-electron chi connectivity index (χ0n) is 10.3. The normalized spacial score (nSPS) is 17.2. The smallest absolute Gasteiger partial charge is 0.0579 e. The minimum Gasteiger partial charge on any atom is -0.0579 e. The van der Waals surface area contributed by atoms with E-state index in [4.69, 9.17) is 0 Å². The summed E-state index contributed by atoms with van der Waals surface area (Å²) < 4.78 is 2.27. The molecule has 0 atom stereocenters. The zero-order valence-corrected chi connectivity index (χ0v) is 13.5. The van der Waals surface area contributed by atoms with Crippen LogP contribution >= 0.6 is 31.9 Å². The minimum atomic E-state index is 1.09. The first kappa shape index (κ1) is 13.7. The Labute approximate surface area is 126 Å². The van der Waals surface area contributed by atoms with E-state index in [0.29, 0.717) is 0 Å². The van der Waals surface area contributed by atoms with E-state index < -0.39 is 0 Å². The van der Waals surface area contributed by atoms with E-state index in [2.05, 4.69) is 87.7 Å². The summed E-state index contributed by atoms with van der Waals surface area (Å²) in [6.07, 6.45) is 10.7. The van der Waals surface area contributed by atoms with E-state index in [0.717, 1.165) is 21.8 Å². The molecule has 0 heterocycles. The SMILES string of the molecule is C/C(CCc1ccc(Br)cc1)=C1/C=CC(Br)=C[CH+]1. The van der Waals surface area contributed by atoms with E-state index in [1.807, 2.05) is 0 Å². The number of halogens is 2. The van der Waals surface area contributed by atoms with Crippen molar-refractivity contribution in [1.29, 1.82) is 0 Å². The van der Waals surface area contributed by atoms with Crippen molar-refractivity contribution in [2.75, 3.05) is 0 Å². The summed E-state index contributed by atoms with van der Waals surface area (Å²) in [4.78, 5) is 0. The second-order valence-electron chi connectivity index (χ2n) is 4.41. The average Bonchev–Trinajstić information content (AvgIpc) is 2.38. The molecule has 0 saturated heterocycles. The maximum atomic E-state index is 3.46. The highest BCUT2D eigenvalue weighted by molar-refractivity contribution is 9.12. The van der Waals surface area contributed by atoms with Gasteiger partial charge in [-0.25, -0.2) is 0 Å². The van der Waals surface area contributed by atoms with Gasteiger partial charge in [0.1, 0.15) is 0 Å². The van der Waals surface area contributed by atoms with Crippen molar-refractivity contribution in [3.8, 4) is 0 Å². The van der Waals surface area contributed by atoms with Crippen LogP contribution in [0.2, 0.25) is 0 Å². The Morgan fingerprint density at radius 2 is 1.83 bits per heavy atom. The van der Waals surface area contributed by atoms with Crippen molar-refractivity contribution in [1.82, 2.24) is 0 Å². The van der Waals surface area contributed by atoms with E-state index in [1.165, 1.54) is 16.7 Å². The van der Waals surface area contributed by atoms with Crippen LogP contribution in [0.15, 0.2) is 62.6 Å². The minimum absolute atomic E-state index is 1.09. The van der Waals surface area contributed by atoms with Crippen molar-refractivity contribution >= 4 is 31.9 Å². The molecular formula is C16H15Br2+. The number of rotatable bonds is 3. The van der Waals surface area contributed by atoms with Gasteiger partial charge in [0, 0.05) is 57.0 Å². The van der Waals surface area contributed by atoms with Crippen molar-refractivity contribution in [2.45, 2.75) is 19.8 Å². The molecule has 0 amide bonds. The van der Waals surface area contributed by atoms with Gasteiger partial charge in [-0.1, -0.05) is 28.1 Å². The molecule has 0 aliphatic heterocycles. The van der Waals surface area contributed by atoms with Gasteiger partial charge in [0.2, 0.25) is 0 Å². The fourth-order valence-electron chi connectivity index (χ4n) is 1.86. The Bertz CT molecular complexity index is 504. The number of aryl methyl sites for hydroxylation is 1. The van der Waals surface area contributed by atoms with Gasteiger partial charge in [0.25, 0.3) is 0 Å². The molecule has 0 radical (unpaired) electrons. The third kappa shape index (κ3) is 3.89. The lowest BCUT2D eigenvalue weighted by molar-refractivity contribution is 0.931. The van der Waals surface area contributed by atoms with Gasteiger partial charge in [-0.3, -0.25) is 0 Å². The maximum Gasteiger partial charge on any atom is 0.0952 e. The van der Waals surface area contributed by atoms with Gasteiger partial charge in [-0.05, 0) is 31.0 Å². The molecule has 1 aromatic rings. The quantitative estimate of drug-likeness (QED) is 0.597. The topological polar surface area (TPSA) is 0 Å². The van der Waals surface area contributed by atoms with Crippen LogP contribution in [0.4, 0.5) is 0 Å². The summed E-state index contributed by atoms with van der Waals surface area (Å²) in [5, 5.41) is 0. The van der Waals surface area contributed by atoms with E-state index in [-0.39, 0.29) is 0 Å². The van der Waals surface area contributed by atoms with Gasteiger partial charge < -0.3 is 0 Å². The second-order valence-corrected chi connectivity index (χ2v) is 6.25. The first-order valence-electron chi connectivity index (χ1n) is 5.98. The first-order chi connectivity index (χ1) is 8.65. The predicted octanol–water partition coefficient (Wildman–Crippen LogP) is 5.75. The highest BCUT2D eigenvalue weighted by Gasteiger charge is 2.11. The first-order valence-corrected chi connectivity index (χ1v) is 7.56. The lowest BCUT2D eigenvalue weighted by atomic mass is 9.97. The summed E-state index contributed by atoms with van der Waals surface area (Å²) in [5.74, 6) is 0. The lowest BCUT2D eigenvalue weighted by Crippen LogP contribution is -1.93. The predicted molar refractivity (Wildman–Crippen MR) is 85.6 cm³/mol. The van der Waals surface area contributed by atoms with Crippen molar-refractivity contribution in [2.24, 2.45) is 0 Å². The summed E-state index contributed by atoms with van der Waals surface area (Å²) in [5.41, 5.74) is 4.15. The fourth-order valence-corrected chi connectivity index (χ4v) is 2.39. The molecule has 0 fully saturated rings. The van der Waals surface area contributed by atoms with Gasteiger partial charge in [-0.15, -0.1) is 0 Å². The Kier molecular flexibility index (Phi) is 4.90. The number of hydrogen-bond donors (Lipinski definition) is 0. The van der Waals surface area contributed by atoms with E-state index in [9.17, 15) is 0 Å². The van der Waals surface area contributed by atoms with Crippen molar-refractivity contribution in [3.63, 3.8) is 0 Å². The van der Waals surface area contributed by atoms with Crippen LogP contribution in [0.5, 0.6) is 0 Å². The Balaban J connectivity index is 1.96. The van der Waals surface area contributed by atoms with Gasteiger partial charge in [-0.2, -0.15) is 0 Å². The third-order valence-corrected chi connectivity index (χ3v) is 4.10. The number of hydrogen-bond acceptors (Lipinski definition) is 0. The largest absolute Gasteiger partial charge is 0.0952 e. The summed E-state index contributed by atoms with van der Waals surface area (Å²) in [6.45, 7) is 2.21. The molecular weight excluding hydrogens is 352 g/mol. The highest BCUT2D eigenvalue weighted by Crippen LogP contribution is 2.23. The van der Waals surface area contributed by atoms with Crippen LogP contribution in [-0.4, -0.2) is 0 Å². The molecule has 1 aliphatic rings. The van der Waals surface area contributed by atoms with Crippen LogP contribution in [0.1, 0.15) is 18.9 Å². The third-order valence-electron chi connectivity index (χ3n) is 3.04. The standard InChI is InChI=1S/C16H15Br2/c1-12(14-6-10-16(18)11-7-14)2-3-13-4-8-15(17)9-5-13/h4-11H,2-3H2,1H3/q+1.